The van der Waals surface area contributed by atoms with Gasteiger partial charge in [0.25, 0.3) is 0 Å². The number of fused-ring (bicyclic) bond motifs is 3. The maximum atomic E-state index is 13.7. The van der Waals surface area contributed by atoms with Gasteiger partial charge in [0.1, 0.15) is 0 Å². The number of ketones is 2. The van der Waals surface area contributed by atoms with E-state index in [4.69, 9.17) is 18.9 Å². The molecule has 2 aromatic carbocycles. The predicted octanol–water partition coefficient (Wildman–Crippen LogP) is 5.82. The Bertz CT molecular complexity index is 1210. The van der Waals surface area contributed by atoms with E-state index < -0.39 is 23.9 Å². The Labute approximate surface area is 208 Å². The molecule has 0 spiro atoms. The number of hydrogen-bond donors (Lipinski definition) is 0. The van der Waals surface area contributed by atoms with Gasteiger partial charge in [-0.25, -0.2) is 9.59 Å². The van der Waals surface area contributed by atoms with Crippen LogP contribution in [-0.2, 0) is 18.9 Å². The smallest absolute Gasteiger partial charge is 0.434 e. The molecule has 0 radical (unpaired) electrons. The zero-order valence-electron chi connectivity index (χ0n) is 20.5. The molecule has 8 heteroatoms. The van der Waals surface area contributed by atoms with Gasteiger partial charge in [-0.05, 0) is 11.8 Å². The Balaban J connectivity index is 1.91. The van der Waals surface area contributed by atoms with Crippen LogP contribution in [0.3, 0.4) is 0 Å². The lowest BCUT2D eigenvalue weighted by Crippen LogP contribution is -2.29. The van der Waals surface area contributed by atoms with E-state index in [0.717, 1.165) is 0 Å². The second-order valence-electron chi connectivity index (χ2n) is 9.27. The van der Waals surface area contributed by atoms with Gasteiger partial charge in [-0.15, -0.1) is 0 Å². The summed E-state index contributed by atoms with van der Waals surface area (Å²) < 4.78 is 21.4. The summed E-state index contributed by atoms with van der Waals surface area (Å²) in [5, 5.41) is 0. The van der Waals surface area contributed by atoms with Crippen LogP contribution in [0.15, 0.2) is 59.7 Å². The Kier molecular flexibility index (Phi) is 7.05. The van der Waals surface area contributed by atoms with E-state index in [1.165, 1.54) is 0 Å². The number of carbonyl (C=O) groups is 4. The highest BCUT2D eigenvalue weighted by atomic mass is 16.7. The molecule has 4 rings (SSSR count). The van der Waals surface area contributed by atoms with E-state index in [2.05, 4.69) is 0 Å². The molecule has 0 amide bonds. The highest BCUT2D eigenvalue weighted by molar-refractivity contribution is 6.34. The first kappa shape index (κ1) is 24.9. The van der Waals surface area contributed by atoms with Crippen molar-refractivity contribution in [2.75, 3.05) is 13.2 Å². The Morgan fingerprint density at radius 1 is 0.611 bits per heavy atom. The first-order valence-corrected chi connectivity index (χ1v) is 11.6. The summed E-state index contributed by atoms with van der Waals surface area (Å²) in [6.07, 6.45) is -2.03. The molecule has 2 aromatic rings. The first-order valence-electron chi connectivity index (χ1n) is 11.6. The van der Waals surface area contributed by atoms with Gasteiger partial charge in [-0.2, -0.15) is 0 Å². The summed E-state index contributed by atoms with van der Waals surface area (Å²) in [7, 11) is 0. The molecule has 0 fully saturated rings. The Hall–Kier alpha value is -4.20. The predicted molar refractivity (Wildman–Crippen MR) is 130 cm³/mol. The summed E-state index contributed by atoms with van der Waals surface area (Å²) in [4.78, 5) is 52.4. The Morgan fingerprint density at radius 3 is 1.28 bits per heavy atom. The van der Waals surface area contributed by atoms with Crippen LogP contribution in [0.4, 0.5) is 9.59 Å². The average Bonchev–Trinajstić information content (AvgIpc) is 2.85. The first-order chi connectivity index (χ1) is 17.2. The molecule has 0 saturated carbocycles. The SMILES string of the molecule is CC(C)COC(=O)OC1=C2C(=O)c3ccccc3C(OC(=O)OCC(C)C)=C2C(=O)c2ccccc21. The lowest BCUT2D eigenvalue weighted by atomic mass is 9.76. The number of hydrogen-bond acceptors (Lipinski definition) is 8. The van der Waals surface area contributed by atoms with E-state index in [-0.39, 0.29) is 70.0 Å². The van der Waals surface area contributed by atoms with Gasteiger partial charge >= 0.3 is 12.3 Å². The maximum absolute atomic E-state index is 13.7. The van der Waals surface area contributed by atoms with Crippen LogP contribution in [-0.4, -0.2) is 37.1 Å². The number of ether oxygens (including phenoxy) is 4. The molecular formula is C28H26O8. The van der Waals surface area contributed by atoms with Crippen LogP contribution in [0.25, 0.3) is 11.5 Å². The van der Waals surface area contributed by atoms with Crippen LogP contribution >= 0.6 is 0 Å². The lowest BCUT2D eigenvalue weighted by molar-refractivity contribution is 0.0770. The second kappa shape index (κ2) is 10.2. The van der Waals surface area contributed by atoms with Crippen LogP contribution < -0.4 is 0 Å². The molecule has 0 bridgehead atoms. The third-order valence-corrected chi connectivity index (χ3v) is 5.43. The van der Waals surface area contributed by atoms with Crippen molar-refractivity contribution in [3.8, 4) is 0 Å². The molecule has 0 unspecified atom stereocenters. The standard InChI is InChI=1S/C28H26O8/c1-15(2)13-33-27(31)35-25-19-11-7-5-9-17(19)24(30)22-21(25)23(29)18-10-6-8-12-20(18)26(22)36-28(32)34-14-16(3)4/h5-12,15-16H,13-14H2,1-4H3. The van der Waals surface area contributed by atoms with E-state index in [1.807, 2.05) is 27.7 Å². The van der Waals surface area contributed by atoms with Gasteiger partial charge in [0.15, 0.2) is 23.1 Å². The minimum atomic E-state index is -1.01. The fraction of sp³-hybridized carbons (Fsp3) is 0.286. The number of carbonyl (C=O) groups excluding carboxylic acids is 4. The number of benzene rings is 2. The average molecular weight is 491 g/mol. The minimum absolute atomic E-state index is 0.0610. The fourth-order valence-electron chi connectivity index (χ4n) is 3.86. The highest BCUT2D eigenvalue weighted by Crippen LogP contribution is 2.45. The van der Waals surface area contributed by atoms with Crippen molar-refractivity contribution >= 4 is 35.4 Å². The van der Waals surface area contributed by atoms with Crippen molar-refractivity contribution in [2.24, 2.45) is 11.8 Å². The van der Waals surface area contributed by atoms with Gasteiger partial charge in [-0.1, -0.05) is 76.2 Å². The summed E-state index contributed by atoms with van der Waals surface area (Å²) >= 11 is 0. The largest absolute Gasteiger partial charge is 0.513 e. The Morgan fingerprint density at radius 2 is 0.944 bits per heavy atom. The van der Waals surface area contributed by atoms with Crippen molar-refractivity contribution in [3.63, 3.8) is 0 Å². The minimum Gasteiger partial charge on any atom is -0.434 e. The zero-order valence-corrected chi connectivity index (χ0v) is 20.5. The van der Waals surface area contributed by atoms with Gasteiger partial charge in [-0.3, -0.25) is 9.59 Å². The van der Waals surface area contributed by atoms with Crippen LogP contribution in [0.5, 0.6) is 0 Å². The molecule has 2 aliphatic rings. The molecule has 2 aliphatic carbocycles. The summed E-state index contributed by atoms with van der Waals surface area (Å²) in [5.74, 6) is -1.23. The summed E-state index contributed by atoms with van der Waals surface area (Å²) in [6.45, 7) is 7.69. The van der Waals surface area contributed by atoms with Crippen LogP contribution in [0, 0.1) is 11.8 Å². The van der Waals surface area contributed by atoms with Crippen molar-refractivity contribution in [1.29, 1.82) is 0 Å². The number of rotatable bonds is 6. The number of allylic oxidation sites excluding steroid dienone is 2. The molecule has 0 heterocycles. The molecule has 0 atom stereocenters. The van der Waals surface area contributed by atoms with E-state index in [0.29, 0.717) is 0 Å². The maximum Gasteiger partial charge on any atom is 0.513 e. The molecule has 0 N–H and O–H groups in total. The molecular weight excluding hydrogens is 464 g/mol. The third kappa shape index (κ3) is 4.79. The lowest BCUT2D eigenvalue weighted by Gasteiger charge is -2.29. The van der Waals surface area contributed by atoms with E-state index in [1.54, 1.807) is 48.5 Å². The molecule has 0 aromatic heterocycles. The fourth-order valence-corrected chi connectivity index (χ4v) is 3.86. The van der Waals surface area contributed by atoms with Gasteiger partial charge in [0, 0.05) is 22.3 Å². The van der Waals surface area contributed by atoms with Gasteiger partial charge in [0.2, 0.25) is 0 Å². The monoisotopic (exact) mass is 490 g/mol. The van der Waals surface area contributed by atoms with Crippen LogP contribution in [0.2, 0.25) is 0 Å². The summed E-state index contributed by atoms with van der Waals surface area (Å²) in [5.41, 5.74) is 0.545. The molecule has 36 heavy (non-hydrogen) atoms. The van der Waals surface area contributed by atoms with Crippen molar-refractivity contribution < 1.29 is 38.1 Å². The van der Waals surface area contributed by atoms with E-state index in [9.17, 15) is 19.2 Å². The number of Topliss-reactive ketones (excluding diaryl/α,β-unsaturated/α-hetero) is 2. The van der Waals surface area contributed by atoms with E-state index >= 15 is 0 Å². The van der Waals surface area contributed by atoms with Gasteiger partial charge < -0.3 is 18.9 Å². The van der Waals surface area contributed by atoms with Crippen molar-refractivity contribution in [1.82, 2.24) is 0 Å². The van der Waals surface area contributed by atoms with Crippen molar-refractivity contribution in [2.45, 2.75) is 27.7 Å². The molecule has 0 saturated heterocycles. The quantitative estimate of drug-likeness (QED) is 0.467. The second-order valence-corrected chi connectivity index (χ2v) is 9.27. The molecule has 8 nitrogen and oxygen atoms in total. The van der Waals surface area contributed by atoms with Crippen LogP contribution in [0.1, 0.15) is 59.5 Å². The highest BCUT2D eigenvalue weighted by Gasteiger charge is 2.43. The zero-order chi connectivity index (χ0) is 26.0. The van der Waals surface area contributed by atoms with Crippen molar-refractivity contribution in [3.05, 3.63) is 81.9 Å². The molecule has 0 aliphatic heterocycles. The molecule has 186 valence electrons. The normalized spacial score (nSPS) is 14.4. The van der Waals surface area contributed by atoms with Gasteiger partial charge in [0.05, 0.1) is 24.4 Å². The summed E-state index contributed by atoms with van der Waals surface area (Å²) in [6, 6.07) is 12.9. The topological polar surface area (TPSA) is 105 Å². The third-order valence-electron chi connectivity index (χ3n) is 5.43.